The number of rotatable bonds is 7. The summed E-state index contributed by atoms with van der Waals surface area (Å²) in [6, 6.07) is 6.82. The zero-order valence-electron chi connectivity index (χ0n) is 19.0. The van der Waals surface area contributed by atoms with Crippen molar-refractivity contribution in [1.82, 2.24) is 20.1 Å². The maximum absolute atomic E-state index is 13.5. The van der Waals surface area contributed by atoms with Crippen LogP contribution in [0.3, 0.4) is 0 Å². The minimum absolute atomic E-state index is 0.00231. The van der Waals surface area contributed by atoms with E-state index in [-0.39, 0.29) is 18.1 Å². The Kier molecular flexibility index (Phi) is 7.61. The monoisotopic (exact) mass is 500 g/mol. The molecular formula is C25H29FN4O2S2. The summed E-state index contributed by atoms with van der Waals surface area (Å²) in [5, 5.41) is 10.8. The highest BCUT2D eigenvalue weighted by molar-refractivity contribution is 7.99. The van der Waals surface area contributed by atoms with E-state index >= 15 is 0 Å². The van der Waals surface area contributed by atoms with E-state index in [4.69, 9.17) is 14.8 Å². The van der Waals surface area contributed by atoms with E-state index in [0.29, 0.717) is 18.5 Å². The number of carbonyl (C=O) groups is 1. The Hall–Kier alpha value is -2.23. The van der Waals surface area contributed by atoms with E-state index in [0.717, 1.165) is 77.9 Å². The molecule has 2 saturated heterocycles. The molecule has 34 heavy (non-hydrogen) atoms. The molecule has 0 saturated carbocycles. The first kappa shape index (κ1) is 23.5. The summed E-state index contributed by atoms with van der Waals surface area (Å²) in [7, 11) is 0. The van der Waals surface area contributed by atoms with Gasteiger partial charge in [-0.1, -0.05) is 0 Å². The summed E-state index contributed by atoms with van der Waals surface area (Å²) in [5.41, 5.74) is 3.37. The standard InChI is InChI=1S/C25H29FN4O2S2/c26-19-3-1-18(2-4-19)24-22(15-30(29-24)21-7-11-33-12-8-21)25-28-20(16-34-25)13-23(31)27-14-17-5-9-32-10-6-17/h1-4,15-17,21H,5-14H2,(H,27,31). The molecule has 5 rings (SSSR count). The van der Waals surface area contributed by atoms with E-state index < -0.39 is 0 Å². The lowest BCUT2D eigenvalue weighted by molar-refractivity contribution is -0.120. The third-order valence-electron chi connectivity index (χ3n) is 6.47. The van der Waals surface area contributed by atoms with Gasteiger partial charge in [0, 0.05) is 36.9 Å². The number of ether oxygens (including phenoxy) is 1. The van der Waals surface area contributed by atoms with Gasteiger partial charge >= 0.3 is 0 Å². The van der Waals surface area contributed by atoms with Crippen LogP contribution >= 0.6 is 23.1 Å². The highest BCUT2D eigenvalue weighted by Crippen LogP contribution is 2.36. The van der Waals surface area contributed by atoms with Gasteiger partial charge in [0.05, 0.1) is 23.7 Å². The summed E-state index contributed by atoms with van der Waals surface area (Å²) in [6.45, 7) is 2.25. The van der Waals surface area contributed by atoms with Crippen LogP contribution in [0.4, 0.5) is 4.39 Å². The van der Waals surface area contributed by atoms with Gasteiger partial charge in [-0.15, -0.1) is 11.3 Å². The predicted octanol–water partition coefficient (Wildman–Crippen LogP) is 4.97. The smallest absolute Gasteiger partial charge is 0.226 e. The van der Waals surface area contributed by atoms with Crippen LogP contribution in [0.2, 0.25) is 0 Å². The molecule has 2 aliphatic heterocycles. The Morgan fingerprint density at radius 3 is 2.68 bits per heavy atom. The first-order chi connectivity index (χ1) is 16.7. The fraction of sp³-hybridized carbons (Fsp3) is 0.480. The molecule has 1 amide bonds. The molecule has 4 heterocycles. The molecule has 3 aromatic rings. The fourth-order valence-corrected chi connectivity index (χ4v) is 6.37. The Balaban J connectivity index is 1.33. The molecule has 0 bridgehead atoms. The second-order valence-electron chi connectivity index (χ2n) is 8.90. The van der Waals surface area contributed by atoms with Crippen LogP contribution in [0, 0.1) is 11.7 Å². The molecule has 2 fully saturated rings. The van der Waals surface area contributed by atoms with Crippen LogP contribution in [0.25, 0.3) is 21.8 Å². The van der Waals surface area contributed by atoms with Crippen LogP contribution < -0.4 is 5.32 Å². The maximum Gasteiger partial charge on any atom is 0.226 e. The number of hydrogen-bond acceptors (Lipinski definition) is 6. The SMILES string of the molecule is O=C(Cc1csc(-c2cn(C3CCSCC3)nc2-c2ccc(F)cc2)n1)NCC1CCOCC1. The zero-order chi connectivity index (χ0) is 23.3. The van der Waals surface area contributed by atoms with E-state index in [1.54, 1.807) is 12.1 Å². The topological polar surface area (TPSA) is 69.0 Å². The number of hydrogen-bond donors (Lipinski definition) is 1. The van der Waals surface area contributed by atoms with Crippen molar-refractivity contribution in [3.63, 3.8) is 0 Å². The van der Waals surface area contributed by atoms with Crippen molar-refractivity contribution in [3.8, 4) is 21.8 Å². The van der Waals surface area contributed by atoms with Gasteiger partial charge in [0.15, 0.2) is 0 Å². The highest BCUT2D eigenvalue weighted by atomic mass is 32.2. The summed E-state index contributed by atoms with van der Waals surface area (Å²) < 4.78 is 21.0. The quantitative estimate of drug-likeness (QED) is 0.496. The number of halogens is 1. The summed E-state index contributed by atoms with van der Waals surface area (Å²) in [6.07, 6.45) is 6.51. The van der Waals surface area contributed by atoms with Crippen molar-refractivity contribution >= 4 is 29.0 Å². The third kappa shape index (κ3) is 5.70. The lowest BCUT2D eigenvalue weighted by Gasteiger charge is -2.22. The molecule has 6 nitrogen and oxygen atoms in total. The van der Waals surface area contributed by atoms with Crippen LogP contribution in [-0.2, 0) is 16.0 Å². The van der Waals surface area contributed by atoms with Crippen molar-refractivity contribution < 1.29 is 13.9 Å². The lowest BCUT2D eigenvalue weighted by atomic mass is 10.0. The van der Waals surface area contributed by atoms with Gasteiger partial charge in [-0.25, -0.2) is 9.37 Å². The van der Waals surface area contributed by atoms with Crippen molar-refractivity contribution in [3.05, 3.63) is 47.4 Å². The molecule has 1 aromatic carbocycles. The van der Waals surface area contributed by atoms with E-state index in [9.17, 15) is 9.18 Å². The van der Waals surface area contributed by atoms with Crippen molar-refractivity contribution in [1.29, 1.82) is 0 Å². The maximum atomic E-state index is 13.5. The van der Waals surface area contributed by atoms with Gasteiger partial charge in [-0.05, 0) is 67.4 Å². The van der Waals surface area contributed by atoms with Crippen LogP contribution in [0.15, 0.2) is 35.8 Å². The number of benzene rings is 1. The largest absolute Gasteiger partial charge is 0.381 e. The summed E-state index contributed by atoms with van der Waals surface area (Å²) in [4.78, 5) is 17.3. The van der Waals surface area contributed by atoms with Crippen molar-refractivity contribution in [2.45, 2.75) is 38.1 Å². The molecular weight excluding hydrogens is 471 g/mol. The number of aromatic nitrogens is 3. The average Bonchev–Trinajstić information content (AvgIpc) is 3.52. The zero-order valence-corrected chi connectivity index (χ0v) is 20.7. The Bertz CT molecular complexity index is 1100. The van der Waals surface area contributed by atoms with Gasteiger partial charge in [-0.3, -0.25) is 9.48 Å². The lowest BCUT2D eigenvalue weighted by Crippen LogP contribution is -2.33. The number of thiazole rings is 1. The molecule has 1 N–H and O–H groups in total. The van der Waals surface area contributed by atoms with E-state index in [2.05, 4.69) is 16.2 Å². The molecule has 2 aliphatic rings. The van der Waals surface area contributed by atoms with E-state index in [1.807, 2.05) is 17.1 Å². The van der Waals surface area contributed by atoms with Crippen LogP contribution in [0.5, 0.6) is 0 Å². The first-order valence-corrected chi connectivity index (χ1v) is 13.9. The second-order valence-corrected chi connectivity index (χ2v) is 11.0. The second kappa shape index (κ2) is 11.0. The van der Waals surface area contributed by atoms with Gasteiger partial charge in [0.2, 0.25) is 5.91 Å². The first-order valence-electron chi connectivity index (χ1n) is 11.9. The van der Waals surface area contributed by atoms with Gasteiger partial charge in [0.25, 0.3) is 0 Å². The Morgan fingerprint density at radius 1 is 1.15 bits per heavy atom. The molecule has 0 spiro atoms. The molecule has 0 aliphatic carbocycles. The fourth-order valence-electron chi connectivity index (χ4n) is 4.45. The third-order valence-corrected chi connectivity index (χ3v) is 8.44. The molecule has 0 unspecified atom stereocenters. The van der Waals surface area contributed by atoms with Crippen molar-refractivity contribution in [2.75, 3.05) is 31.3 Å². The van der Waals surface area contributed by atoms with Gasteiger partial charge < -0.3 is 10.1 Å². The minimum atomic E-state index is -0.266. The average molecular weight is 501 g/mol. The molecule has 0 atom stereocenters. The number of nitrogens with one attached hydrogen (secondary N) is 1. The van der Waals surface area contributed by atoms with E-state index in [1.165, 1.54) is 23.5 Å². The van der Waals surface area contributed by atoms with Gasteiger partial charge in [-0.2, -0.15) is 16.9 Å². The molecule has 0 radical (unpaired) electrons. The summed E-state index contributed by atoms with van der Waals surface area (Å²) >= 11 is 3.51. The van der Waals surface area contributed by atoms with Gasteiger partial charge in [0.1, 0.15) is 16.5 Å². The number of nitrogens with zero attached hydrogens (tertiary/aromatic N) is 3. The highest BCUT2D eigenvalue weighted by Gasteiger charge is 2.22. The molecule has 2 aromatic heterocycles. The molecule has 180 valence electrons. The number of amides is 1. The van der Waals surface area contributed by atoms with Crippen molar-refractivity contribution in [2.24, 2.45) is 5.92 Å². The number of carbonyl (C=O) groups excluding carboxylic acids is 1. The van der Waals surface area contributed by atoms with Crippen LogP contribution in [-0.4, -0.2) is 51.9 Å². The molecule has 9 heteroatoms. The Labute approximate surface area is 207 Å². The minimum Gasteiger partial charge on any atom is -0.381 e. The normalized spacial score (nSPS) is 17.7. The van der Waals surface area contributed by atoms with Crippen LogP contribution in [0.1, 0.15) is 37.4 Å². The number of thioether (sulfide) groups is 1. The predicted molar refractivity (Wildman–Crippen MR) is 135 cm³/mol. The summed E-state index contributed by atoms with van der Waals surface area (Å²) in [5.74, 6) is 2.49. The Morgan fingerprint density at radius 2 is 1.91 bits per heavy atom.